The Bertz CT molecular complexity index is 708. The Morgan fingerprint density at radius 1 is 1.58 bits per heavy atom. The average Bonchev–Trinajstić information content (AvgIpc) is 2.70. The number of sulfonamides is 1. The van der Waals surface area contributed by atoms with Crippen LogP contribution in [0, 0.1) is 0 Å². The molecule has 2 rings (SSSR count). The van der Waals surface area contributed by atoms with Crippen molar-refractivity contribution in [1.82, 2.24) is 14.7 Å². The highest BCUT2D eigenvalue weighted by molar-refractivity contribution is 7.89. The summed E-state index contributed by atoms with van der Waals surface area (Å²) in [4.78, 5) is 17.4. The highest BCUT2D eigenvalue weighted by Gasteiger charge is 2.22. The number of fused-ring (bicyclic) bond motifs is 1. The summed E-state index contributed by atoms with van der Waals surface area (Å²) in [5.74, 6) is -1.06. The average molecular weight is 283 g/mol. The molecule has 3 N–H and O–H groups in total. The van der Waals surface area contributed by atoms with Gasteiger partial charge in [-0.25, -0.2) is 18.1 Å². The van der Waals surface area contributed by atoms with Crippen LogP contribution < -0.4 is 4.72 Å². The van der Waals surface area contributed by atoms with Gasteiger partial charge in [-0.1, -0.05) is 0 Å². The first-order valence-corrected chi connectivity index (χ1v) is 7.04. The van der Waals surface area contributed by atoms with Crippen LogP contribution in [0.25, 0.3) is 11.0 Å². The number of aromatic nitrogens is 2. The Balaban J connectivity index is 2.32. The minimum Gasteiger partial charge on any atom is -0.481 e. The summed E-state index contributed by atoms with van der Waals surface area (Å²) in [6, 6.07) is 2.58. The van der Waals surface area contributed by atoms with Crippen molar-refractivity contribution in [2.24, 2.45) is 0 Å². The first-order valence-electron chi connectivity index (χ1n) is 5.56. The molecule has 0 amide bonds. The van der Waals surface area contributed by atoms with E-state index in [2.05, 4.69) is 14.7 Å². The maximum absolute atomic E-state index is 12.1. The standard InChI is InChI=1S/C11H13N3O4S/c1-7(5-10(15)16)14-19(17,18)9-6-13-11-8(9)3-2-4-12-11/h2-4,6-7,14H,5H2,1H3,(H,12,13)(H,15,16). The van der Waals surface area contributed by atoms with Gasteiger partial charge >= 0.3 is 5.97 Å². The molecule has 1 unspecified atom stereocenters. The monoisotopic (exact) mass is 283 g/mol. The molecule has 8 heteroatoms. The lowest BCUT2D eigenvalue weighted by atomic mass is 10.3. The number of H-pyrrole nitrogens is 1. The fourth-order valence-corrected chi connectivity index (χ4v) is 3.19. The summed E-state index contributed by atoms with van der Waals surface area (Å²) >= 11 is 0. The number of carboxylic acid groups (broad SMARTS) is 1. The number of aliphatic carboxylic acids is 1. The van der Waals surface area contributed by atoms with Gasteiger partial charge in [-0.2, -0.15) is 0 Å². The fraction of sp³-hybridized carbons (Fsp3) is 0.273. The quantitative estimate of drug-likeness (QED) is 0.748. The van der Waals surface area contributed by atoms with Gasteiger partial charge in [0.05, 0.1) is 6.42 Å². The summed E-state index contributed by atoms with van der Waals surface area (Å²) in [5.41, 5.74) is 0.466. The zero-order valence-electron chi connectivity index (χ0n) is 10.1. The second kappa shape index (κ2) is 4.98. The zero-order valence-corrected chi connectivity index (χ0v) is 10.9. The molecule has 0 aliphatic carbocycles. The first kappa shape index (κ1) is 13.5. The summed E-state index contributed by atoms with van der Waals surface area (Å²) < 4.78 is 26.6. The van der Waals surface area contributed by atoms with Crippen LogP contribution in [0.1, 0.15) is 13.3 Å². The number of hydrogen-bond donors (Lipinski definition) is 3. The highest BCUT2D eigenvalue weighted by atomic mass is 32.2. The van der Waals surface area contributed by atoms with Crippen LogP contribution in [0.2, 0.25) is 0 Å². The minimum absolute atomic E-state index is 0.0628. The third-order valence-corrected chi connectivity index (χ3v) is 4.17. The first-order chi connectivity index (χ1) is 8.90. The molecule has 0 fully saturated rings. The molecule has 102 valence electrons. The normalized spacial score (nSPS) is 13.5. The van der Waals surface area contributed by atoms with Crippen molar-refractivity contribution in [2.75, 3.05) is 0 Å². The predicted octanol–water partition coefficient (Wildman–Crippen LogP) is 0.704. The molecule has 0 aliphatic rings. The molecular weight excluding hydrogens is 270 g/mol. The highest BCUT2D eigenvalue weighted by Crippen LogP contribution is 2.20. The second-order valence-corrected chi connectivity index (χ2v) is 5.86. The van der Waals surface area contributed by atoms with Gasteiger partial charge in [0.25, 0.3) is 0 Å². The van der Waals surface area contributed by atoms with E-state index in [4.69, 9.17) is 5.11 Å². The van der Waals surface area contributed by atoms with Gasteiger partial charge in [0, 0.05) is 23.8 Å². The predicted molar refractivity (Wildman–Crippen MR) is 68.1 cm³/mol. The van der Waals surface area contributed by atoms with Crippen LogP contribution in [-0.4, -0.2) is 35.5 Å². The van der Waals surface area contributed by atoms with Crippen LogP contribution in [0.5, 0.6) is 0 Å². The van der Waals surface area contributed by atoms with Crippen molar-refractivity contribution in [1.29, 1.82) is 0 Å². The van der Waals surface area contributed by atoms with Crippen molar-refractivity contribution < 1.29 is 18.3 Å². The van der Waals surface area contributed by atoms with Gasteiger partial charge in [-0.15, -0.1) is 0 Å². The summed E-state index contributed by atoms with van der Waals surface area (Å²) in [6.45, 7) is 1.50. The number of carbonyl (C=O) groups is 1. The Morgan fingerprint density at radius 3 is 3.00 bits per heavy atom. The van der Waals surface area contributed by atoms with E-state index >= 15 is 0 Å². The summed E-state index contributed by atoms with van der Waals surface area (Å²) in [7, 11) is -3.77. The lowest BCUT2D eigenvalue weighted by molar-refractivity contribution is -0.137. The maximum atomic E-state index is 12.1. The van der Waals surface area contributed by atoms with E-state index in [1.807, 2.05) is 0 Å². The molecule has 0 saturated carbocycles. The lowest BCUT2D eigenvalue weighted by Crippen LogP contribution is -2.34. The number of aromatic amines is 1. The van der Waals surface area contributed by atoms with E-state index in [0.717, 1.165) is 0 Å². The molecule has 2 aromatic heterocycles. The van der Waals surface area contributed by atoms with Crippen LogP contribution in [-0.2, 0) is 14.8 Å². The Morgan fingerprint density at radius 2 is 2.32 bits per heavy atom. The Labute approximate surface area is 109 Å². The molecule has 2 aromatic rings. The van der Waals surface area contributed by atoms with Gasteiger partial charge in [-0.05, 0) is 19.1 Å². The van der Waals surface area contributed by atoms with Crippen LogP contribution in [0.4, 0.5) is 0 Å². The van der Waals surface area contributed by atoms with Gasteiger partial charge in [0.1, 0.15) is 10.5 Å². The third kappa shape index (κ3) is 2.91. The third-order valence-electron chi connectivity index (χ3n) is 2.54. The molecule has 7 nitrogen and oxygen atoms in total. The lowest BCUT2D eigenvalue weighted by Gasteiger charge is -2.11. The SMILES string of the molecule is CC(CC(=O)O)NS(=O)(=O)c1c[nH]c2ncccc12. The van der Waals surface area contributed by atoms with Crippen molar-refractivity contribution in [3.05, 3.63) is 24.5 Å². The van der Waals surface area contributed by atoms with Crippen molar-refractivity contribution in [2.45, 2.75) is 24.3 Å². The molecule has 0 aromatic carbocycles. The Hall–Kier alpha value is -1.93. The molecule has 19 heavy (non-hydrogen) atoms. The number of nitrogens with zero attached hydrogens (tertiary/aromatic N) is 1. The van der Waals surface area contributed by atoms with E-state index in [0.29, 0.717) is 11.0 Å². The summed E-state index contributed by atoms with van der Waals surface area (Å²) in [5, 5.41) is 9.10. The minimum atomic E-state index is -3.77. The van der Waals surface area contributed by atoms with E-state index in [9.17, 15) is 13.2 Å². The van der Waals surface area contributed by atoms with E-state index < -0.39 is 22.0 Å². The molecule has 0 saturated heterocycles. The van der Waals surface area contributed by atoms with E-state index in [-0.39, 0.29) is 11.3 Å². The van der Waals surface area contributed by atoms with Crippen LogP contribution in [0.15, 0.2) is 29.4 Å². The largest absolute Gasteiger partial charge is 0.481 e. The number of hydrogen-bond acceptors (Lipinski definition) is 4. The fourth-order valence-electron chi connectivity index (χ4n) is 1.79. The van der Waals surface area contributed by atoms with Gasteiger partial charge < -0.3 is 10.1 Å². The molecule has 1 atom stereocenters. The van der Waals surface area contributed by atoms with E-state index in [1.54, 1.807) is 18.3 Å². The van der Waals surface area contributed by atoms with E-state index in [1.165, 1.54) is 13.1 Å². The topological polar surface area (TPSA) is 112 Å². The maximum Gasteiger partial charge on any atom is 0.304 e. The number of pyridine rings is 1. The summed E-state index contributed by atoms with van der Waals surface area (Å²) in [6.07, 6.45) is 2.61. The number of carboxylic acids is 1. The Kier molecular flexibility index (Phi) is 3.54. The van der Waals surface area contributed by atoms with Crippen LogP contribution in [0.3, 0.4) is 0 Å². The van der Waals surface area contributed by atoms with Gasteiger partial charge in [-0.3, -0.25) is 4.79 Å². The van der Waals surface area contributed by atoms with Gasteiger partial charge in [0.2, 0.25) is 10.0 Å². The smallest absolute Gasteiger partial charge is 0.304 e. The van der Waals surface area contributed by atoms with Gasteiger partial charge in [0.15, 0.2) is 0 Å². The van der Waals surface area contributed by atoms with Crippen molar-refractivity contribution >= 4 is 27.0 Å². The van der Waals surface area contributed by atoms with Crippen molar-refractivity contribution in [3.63, 3.8) is 0 Å². The molecular formula is C11H13N3O4S. The van der Waals surface area contributed by atoms with Crippen molar-refractivity contribution in [3.8, 4) is 0 Å². The second-order valence-electron chi connectivity index (χ2n) is 4.17. The molecule has 0 bridgehead atoms. The number of rotatable bonds is 5. The molecule has 0 radical (unpaired) electrons. The molecule has 0 spiro atoms. The zero-order chi connectivity index (χ0) is 14.0. The molecule has 2 heterocycles. The van der Waals surface area contributed by atoms with Crippen LogP contribution >= 0.6 is 0 Å². The molecule has 0 aliphatic heterocycles. The number of nitrogens with one attached hydrogen (secondary N) is 2.